The molecule has 4 rings (SSSR count). The Morgan fingerprint density at radius 2 is 1.58 bits per heavy atom. The molecule has 0 aliphatic carbocycles. The zero-order valence-electron chi connectivity index (χ0n) is 19.2. The molecule has 0 radical (unpaired) electrons. The third-order valence-corrected chi connectivity index (χ3v) is 6.04. The molecular formula is C25H25N3O4S. The van der Waals surface area contributed by atoms with E-state index in [4.69, 9.17) is 4.74 Å². The molecule has 0 aliphatic heterocycles. The lowest BCUT2D eigenvalue weighted by molar-refractivity contribution is 0.0544. The molecule has 7 nitrogen and oxygen atoms in total. The number of fused-ring (bicyclic) bond motifs is 1. The Kier molecular flexibility index (Phi) is 5.71. The Balaban J connectivity index is 1.96. The second kappa shape index (κ2) is 8.37. The van der Waals surface area contributed by atoms with Gasteiger partial charge in [-0.15, -0.1) is 11.3 Å². The SMILES string of the molecule is Cn1c(=O)c(=Cc2cn(C(=O)OC(C)(C)C)c3ccccc23)n(C)c(=O)c1=Cc1cccs1. The van der Waals surface area contributed by atoms with E-state index in [1.807, 2.05) is 41.8 Å². The van der Waals surface area contributed by atoms with E-state index in [0.717, 1.165) is 10.3 Å². The van der Waals surface area contributed by atoms with Gasteiger partial charge in [0.25, 0.3) is 11.1 Å². The number of carbonyl (C=O) groups is 1. The van der Waals surface area contributed by atoms with E-state index in [2.05, 4.69) is 0 Å². The number of carbonyl (C=O) groups excluding carboxylic acids is 1. The van der Waals surface area contributed by atoms with Crippen molar-refractivity contribution in [3.05, 3.63) is 89.8 Å². The van der Waals surface area contributed by atoms with Gasteiger partial charge in [-0.1, -0.05) is 24.3 Å². The van der Waals surface area contributed by atoms with Crippen LogP contribution in [0.5, 0.6) is 0 Å². The van der Waals surface area contributed by atoms with E-state index in [1.165, 1.54) is 25.0 Å². The van der Waals surface area contributed by atoms with Crippen LogP contribution in [0.1, 0.15) is 31.2 Å². The Labute approximate surface area is 194 Å². The fourth-order valence-corrected chi connectivity index (χ4v) is 4.26. The minimum Gasteiger partial charge on any atom is -0.443 e. The maximum atomic E-state index is 13.2. The molecule has 0 saturated heterocycles. The van der Waals surface area contributed by atoms with Gasteiger partial charge in [-0.2, -0.15) is 0 Å². The van der Waals surface area contributed by atoms with Gasteiger partial charge in [0.15, 0.2) is 0 Å². The minimum absolute atomic E-state index is 0.220. The highest BCUT2D eigenvalue weighted by molar-refractivity contribution is 7.10. The van der Waals surface area contributed by atoms with Gasteiger partial charge in [-0.05, 0) is 50.4 Å². The minimum atomic E-state index is -0.652. The van der Waals surface area contributed by atoms with Crippen LogP contribution in [0, 0.1) is 0 Å². The quantitative estimate of drug-likeness (QED) is 0.458. The van der Waals surface area contributed by atoms with E-state index in [-0.39, 0.29) is 16.5 Å². The monoisotopic (exact) mass is 463 g/mol. The molecule has 0 bridgehead atoms. The Morgan fingerprint density at radius 1 is 0.939 bits per heavy atom. The van der Waals surface area contributed by atoms with Crippen LogP contribution in [0.4, 0.5) is 4.79 Å². The lowest BCUT2D eigenvalue weighted by Crippen LogP contribution is -2.56. The van der Waals surface area contributed by atoms with Crippen molar-refractivity contribution in [3.8, 4) is 0 Å². The van der Waals surface area contributed by atoms with Crippen LogP contribution in [-0.4, -0.2) is 25.4 Å². The summed E-state index contributed by atoms with van der Waals surface area (Å²) in [5.41, 5.74) is 0.0452. The summed E-state index contributed by atoms with van der Waals surface area (Å²) in [6.45, 7) is 5.41. The van der Waals surface area contributed by atoms with Crippen LogP contribution in [-0.2, 0) is 18.8 Å². The number of hydrogen-bond donors (Lipinski definition) is 0. The normalized spacial score (nSPS) is 13.1. The van der Waals surface area contributed by atoms with Crippen molar-refractivity contribution in [2.45, 2.75) is 26.4 Å². The van der Waals surface area contributed by atoms with Gasteiger partial charge in [0, 0.05) is 36.1 Å². The van der Waals surface area contributed by atoms with Crippen LogP contribution in [0.3, 0.4) is 0 Å². The zero-order chi connectivity index (χ0) is 23.9. The van der Waals surface area contributed by atoms with Crippen LogP contribution < -0.4 is 21.8 Å². The molecule has 3 aromatic heterocycles. The summed E-state index contributed by atoms with van der Waals surface area (Å²) in [6.07, 6.45) is 4.48. The number of ether oxygens (including phenoxy) is 1. The molecule has 4 aromatic rings. The number of aromatic nitrogens is 3. The van der Waals surface area contributed by atoms with Crippen molar-refractivity contribution < 1.29 is 9.53 Å². The lowest BCUT2D eigenvalue weighted by Gasteiger charge is -2.19. The summed E-state index contributed by atoms with van der Waals surface area (Å²) in [7, 11) is 3.17. The Morgan fingerprint density at radius 3 is 2.18 bits per heavy atom. The third-order valence-electron chi connectivity index (χ3n) is 5.22. The van der Waals surface area contributed by atoms with Crippen LogP contribution in [0.25, 0.3) is 23.1 Å². The van der Waals surface area contributed by atoms with Crippen LogP contribution >= 0.6 is 11.3 Å². The summed E-state index contributed by atoms with van der Waals surface area (Å²) in [4.78, 5) is 40.0. The highest BCUT2D eigenvalue weighted by Crippen LogP contribution is 2.23. The van der Waals surface area contributed by atoms with E-state index >= 15 is 0 Å². The number of hydrogen-bond acceptors (Lipinski definition) is 5. The van der Waals surface area contributed by atoms with Gasteiger partial charge in [-0.25, -0.2) is 4.79 Å². The Bertz CT molecular complexity index is 1600. The number of thiophene rings is 1. The first-order chi connectivity index (χ1) is 15.6. The van der Waals surface area contributed by atoms with Crippen molar-refractivity contribution in [2.75, 3.05) is 0 Å². The van der Waals surface area contributed by atoms with Crippen molar-refractivity contribution in [1.82, 2.24) is 13.7 Å². The molecule has 8 heteroatoms. The largest absolute Gasteiger partial charge is 0.443 e. The molecule has 0 amide bonds. The average molecular weight is 464 g/mol. The molecule has 0 atom stereocenters. The van der Waals surface area contributed by atoms with E-state index < -0.39 is 11.7 Å². The summed E-state index contributed by atoms with van der Waals surface area (Å²) in [6, 6.07) is 11.1. The van der Waals surface area contributed by atoms with Gasteiger partial charge in [0.05, 0.1) is 5.52 Å². The highest BCUT2D eigenvalue weighted by atomic mass is 32.1. The van der Waals surface area contributed by atoms with Gasteiger partial charge >= 0.3 is 6.09 Å². The first kappa shape index (κ1) is 22.5. The fourth-order valence-electron chi connectivity index (χ4n) is 3.61. The predicted octanol–water partition coefficient (Wildman–Crippen LogP) is 2.54. The van der Waals surface area contributed by atoms with Crippen molar-refractivity contribution >= 4 is 40.5 Å². The molecule has 0 spiro atoms. The molecule has 0 fully saturated rings. The lowest BCUT2D eigenvalue weighted by atomic mass is 10.1. The molecule has 0 unspecified atom stereocenters. The van der Waals surface area contributed by atoms with Crippen LogP contribution in [0.2, 0.25) is 0 Å². The average Bonchev–Trinajstić information content (AvgIpc) is 3.40. The predicted molar refractivity (Wildman–Crippen MR) is 131 cm³/mol. The molecule has 1 aromatic carbocycles. The second-order valence-corrected chi connectivity index (χ2v) is 9.73. The number of nitrogens with zero attached hydrogens (tertiary/aromatic N) is 3. The molecule has 170 valence electrons. The van der Waals surface area contributed by atoms with Crippen LogP contribution in [0.15, 0.2) is 57.6 Å². The summed E-state index contributed by atoms with van der Waals surface area (Å²) in [5, 5.41) is 3.21. The second-order valence-electron chi connectivity index (χ2n) is 8.75. The summed E-state index contributed by atoms with van der Waals surface area (Å²) < 4.78 is 9.67. The number of para-hydroxylation sites is 1. The number of rotatable bonds is 2. The van der Waals surface area contributed by atoms with Gasteiger partial charge in [0.1, 0.15) is 16.3 Å². The fraction of sp³-hybridized carbons (Fsp3) is 0.240. The van der Waals surface area contributed by atoms with Gasteiger partial charge in [0.2, 0.25) is 0 Å². The summed E-state index contributed by atoms with van der Waals surface area (Å²) in [5.74, 6) is 0. The number of benzene rings is 1. The van der Waals surface area contributed by atoms with Crippen molar-refractivity contribution in [3.63, 3.8) is 0 Å². The van der Waals surface area contributed by atoms with Crippen molar-refractivity contribution in [2.24, 2.45) is 14.1 Å². The molecular weight excluding hydrogens is 438 g/mol. The maximum Gasteiger partial charge on any atom is 0.419 e. The van der Waals surface area contributed by atoms with Gasteiger partial charge < -0.3 is 13.9 Å². The maximum absolute atomic E-state index is 13.2. The molecule has 0 N–H and O–H groups in total. The third kappa shape index (κ3) is 4.34. The standard InChI is InChI=1S/C25H25N3O4S/c1-25(2,3)32-24(31)28-15-16(18-10-6-7-11-19(18)28)13-20-22(29)27(5)21(23(30)26(20)4)14-17-9-8-12-33-17/h6-15H,1-5H3. The van der Waals surface area contributed by atoms with E-state index in [1.54, 1.807) is 53.2 Å². The summed E-state index contributed by atoms with van der Waals surface area (Å²) >= 11 is 1.49. The smallest absolute Gasteiger partial charge is 0.419 e. The van der Waals surface area contributed by atoms with E-state index in [9.17, 15) is 14.4 Å². The highest BCUT2D eigenvalue weighted by Gasteiger charge is 2.20. The molecule has 3 heterocycles. The van der Waals surface area contributed by atoms with E-state index in [0.29, 0.717) is 16.4 Å². The molecule has 0 saturated carbocycles. The first-order valence-electron chi connectivity index (χ1n) is 10.4. The zero-order valence-corrected chi connectivity index (χ0v) is 20.0. The molecule has 0 aliphatic rings. The Hall–Kier alpha value is -3.65. The van der Waals surface area contributed by atoms with Gasteiger partial charge in [-0.3, -0.25) is 14.2 Å². The molecule has 33 heavy (non-hydrogen) atoms. The topological polar surface area (TPSA) is 75.2 Å². The van der Waals surface area contributed by atoms with Crippen molar-refractivity contribution in [1.29, 1.82) is 0 Å². The first-order valence-corrected chi connectivity index (χ1v) is 11.3.